The molecular weight excluding hydrogens is 1010 g/mol. The van der Waals surface area contributed by atoms with Crippen LogP contribution in [0.5, 0.6) is 0 Å². The van der Waals surface area contributed by atoms with Crippen molar-refractivity contribution in [3.05, 3.63) is 36.5 Å². The molecule has 0 heterocycles. The van der Waals surface area contributed by atoms with Gasteiger partial charge in [0.25, 0.3) is 0 Å². The summed E-state index contributed by atoms with van der Waals surface area (Å²) in [5, 5.41) is 0. The Morgan fingerprint density at radius 2 is 0.439 bits per heavy atom. The Balaban J connectivity index is 4.28. The van der Waals surface area contributed by atoms with E-state index in [1.54, 1.807) is 0 Å². The van der Waals surface area contributed by atoms with Crippen molar-refractivity contribution in [2.75, 3.05) is 13.2 Å². The van der Waals surface area contributed by atoms with E-state index < -0.39 is 6.10 Å². The van der Waals surface area contributed by atoms with Gasteiger partial charge in [0, 0.05) is 19.3 Å². The Morgan fingerprint density at radius 3 is 0.683 bits per heavy atom. The number of hydrogen-bond donors (Lipinski definition) is 0. The molecule has 0 aliphatic carbocycles. The summed E-state index contributed by atoms with van der Waals surface area (Å²) < 4.78 is 17.0. The van der Waals surface area contributed by atoms with Gasteiger partial charge < -0.3 is 14.2 Å². The number of rotatable bonds is 69. The third kappa shape index (κ3) is 68.4. The molecule has 0 rings (SSSR count). The van der Waals surface area contributed by atoms with Crippen molar-refractivity contribution in [3.63, 3.8) is 0 Å². The first-order chi connectivity index (χ1) is 40.5. The Bertz CT molecular complexity index is 1370. The second-order valence-electron chi connectivity index (χ2n) is 25.2. The molecule has 0 aromatic carbocycles. The van der Waals surface area contributed by atoms with E-state index in [1.165, 1.54) is 308 Å². The van der Waals surface area contributed by atoms with Crippen molar-refractivity contribution in [2.45, 2.75) is 419 Å². The number of carbonyl (C=O) groups excluding carboxylic acids is 3. The molecule has 0 aromatic heterocycles. The monoisotopic (exact) mass is 1150 g/mol. The van der Waals surface area contributed by atoms with Gasteiger partial charge in [-0.2, -0.15) is 0 Å². The van der Waals surface area contributed by atoms with Crippen LogP contribution in [0.3, 0.4) is 0 Å². The summed E-state index contributed by atoms with van der Waals surface area (Å²) in [4.78, 5) is 38.5. The van der Waals surface area contributed by atoms with E-state index in [0.717, 1.165) is 64.2 Å². The lowest BCUT2D eigenvalue weighted by molar-refractivity contribution is -0.167. The lowest BCUT2D eigenvalue weighted by atomic mass is 10.0. The summed E-state index contributed by atoms with van der Waals surface area (Å²) in [5.74, 6) is -0.835. The van der Waals surface area contributed by atoms with Gasteiger partial charge in [0.1, 0.15) is 13.2 Å². The van der Waals surface area contributed by atoms with Gasteiger partial charge in [0.05, 0.1) is 0 Å². The summed E-state index contributed by atoms with van der Waals surface area (Å²) in [7, 11) is 0. The average molecular weight is 1150 g/mol. The van der Waals surface area contributed by atoms with Crippen molar-refractivity contribution in [3.8, 4) is 0 Å². The van der Waals surface area contributed by atoms with Crippen LogP contribution in [0.25, 0.3) is 0 Å². The molecule has 0 fully saturated rings. The molecule has 6 heteroatoms. The molecule has 1 unspecified atom stereocenters. The van der Waals surface area contributed by atoms with Gasteiger partial charge in [-0.25, -0.2) is 0 Å². The minimum atomic E-state index is -0.772. The molecule has 0 aromatic rings. The molecule has 0 amide bonds. The highest BCUT2D eigenvalue weighted by molar-refractivity contribution is 5.71. The molecule has 0 saturated carbocycles. The Labute approximate surface area is 512 Å². The van der Waals surface area contributed by atoms with E-state index in [0.29, 0.717) is 19.3 Å². The lowest BCUT2D eigenvalue weighted by Gasteiger charge is -2.18. The third-order valence-electron chi connectivity index (χ3n) is 16.9. The van der Waals surface area contributed by atoms with E-state index in [9.17, 15) is 14.4 Å². The van der Waals surface area contributed by atoms with Gasteiger partial charge in [-0.05, 0) is 77.0 Å². The highest BCUT2D eigenvalue weighted by Crippen LogP contribution is 2.19. The first kappa shape index (κ1) is 79.6. The van der Waals surface area contributed by atoms with Gasteiger partial charge in [-0.1, -0.05) is 353 Å². The highest BCUT2D eigenvalue weighted by atomic mass is 16.6. The van der Waals surface area contributed by atoms with Crippen molar-refractivity contribution >= 4 is 17.9 Å². The van der Waals surface area contributed by atoms with Crippen molar-refractivity contribution < 1.29 is 28.6 Å². The molecule has 0 bridgehead atoms. The number of carbonyl (C=O) groups is 3. The summed E-state index contributed by atoms with van der Waals surface area (Å²) in [6.07, 6.45) is 88.9. The molecule has 482 valence electrons. The maximum Gasteiger partial charge on any atom is 0.306 e. The van der Waals surface area contributed by atoms with E-state index in [1.807, 2.05) is 0 Å². The van der Waals surface area contributed by atoms with Crippen LogP contribution in [0.1, 0.15) is 412 Å². The van der Waals surface area contributed by atoms with Crippen LogP contribution in [0.4, 0.5) is 0 Å². The van der Waals surface area contributed by atoms with Crippen LogP contribution in [0.2, 0.25) is 0 Å². The maximum atomic E-state index is 13.0. The van der Waals surface area contributed by atoms with Crippen LogP contribution in [-0.4, -0.2) is 37.2 Å². The van der Waals surface area contributed by atoms with Crippen LogP contribution < -0.4 is 0 Å². The second-order valence-corrected chi connectivity index (χ2v) is 25.2. The quantitative estimate of drug-likeness (QED) is 0.0261. The Hall–Kier alpha value is -2.37. The minimum absolute atomic E-state index is 0.0667. The zero-order valence-corrected chi connectivity index (χ0v) is 55.5. The predicted octanol–water partition coefficient (Wildman–Crippen LogP) is 25.5. The first-order valence-corrected chi connectivity index (χ1v) is 37.0. The fraction of sp³-hybridized carbons (Fsp3) is 0.882. The molecule has 0 radical (unpaired) electrons. The zero-order chi connectivity index (χ0) is 59.2. The number of hydrogen-bond acceptors (Lipinski definition) is 6. The van der Waals surface area contributed by atoms with Gasteiger partial charge in [0.15, 0.2) is 6.10 Å². The van der Waals surface area contributed by atoms with Crippen molar-refractivity contribution in [1.29, 1.82) is 0 Å². The van der Waals surface area contributed by atoms with Crippen molar-refractivity contribution in [2.24, 2.45) is 0 Å². The van der Waals surface area contributed by atoms with Crippen LogP contribution in [-0.2, 0) is 28.6 Å². The van der Waals surface area contributed by atoms with Crippen LogP contribution >= 0.6 is 0 Å². The number of unbranched alkanes of at least 4 members (excludes halogenated alkanes) is 52. The summed E-state index contributed by atoms with van der Waals surface area (Å²) in [6.45, 7) is 6.71. The normalized spacial score (nSPS) is 12.2. The van der Waals surface area contributed by atoms with E-state index in [-0.39, 0.29) is 31.1 Å². The largest absolute Gasteiger partial charge is 0.462 e. The molecule has 0 saturated heterocycles. The SMILES string of the molecule is CCCCCCC/C=C\C/C=C\CCCCCCCCCCCCCCCC(=O)OCC(COC(=O)CCCCCCCCCCCCCCCCCC)OC(=O)CCCCCCCCCCCCC/C=C\CCCCCCCCCC. The molecule has 6 nitrogen and oxygen atoms in total. The number of esters is 3. The number of ether oxygens (including phenoxy) is 3. The second kappa shape index (κ2) is 71.1. The molecule has 0 aliphatic rings. The molecule has 0 aliphatic heterocycles. The highest BCUT2D eigenvalue weighted by Gasteiger charge is 2.20. The van der Waals surface area contributed by atoms with Gasteiger partial charge in [-0.15, -0.1) is 0 Å². The van der Waals surface area contributed by atoms with E-state index in [4.69, 9.17) is 14.2 Å². The smallest absolute Gasteiger partial charge is 0.306 e. The summed E-state index contributed by atoms with van der Waals surface area (Å²) in [6, 6.07) is 0. The fourth-order valence-electron chi connectivity index (χ4n) is 11.3. The van der Waals surface area contributed by atoms with Crippen LogP contribution in [0, 0.1) is 0 Å². The molecule has 0 spiro atoms. The Kier molecular flexibility index (Phi) is 69.1. The Morgan fingerprint density at radius 1 is 0.244 bits per heavy atom. The lowest BCUT2D eigenvalue weighted by Crippen LogP contribution is -2.30. The molecule has 0 N–H and O–H groups in total. The van der Waals surface area contributed by atoms with Gasteiger partial charge >= 0.3 is 17.9 Å². The minimum Gasteiger partial charge on any atom is -0.462 e. The molecular formula is C76H142O6. The van der Waals surface area contributed by atoms with Gasteiger partial charge in [-0.3, -0.25) is 14.4 Å². The van der Waals surface area contributed by atoms with E-state index in [2.05, 4.69) is 57.2 Å². The maximum absolute atomic E-state index is 13.0. The standard InChI is InChI=1S/C76H142O6/c1-4-7-10-13-16-19-22-25-28-31-33-35-37-38-40-41-43-45-48-51-54-57-60-63-66-69-75(78)81-72-73(71-80-74(77)68-65-62-59-56-53-50-47-30-27-24-21-18-15-12-9-6-3)82-76(79)70-67-64-61-58-55-52-49-46-44-42-39-36-34-32-29-26-23-20-17-14-11-8-5-2/h22,25,31-34,73H,4-21,23-24,26-30,35-72H2,1-3H3/b25-22-,33-31-,34-32-. The summed E-state index contributed by atoms with van der Waals surface area (Å²) in [5.41, 5.74) is 0. The first-order valence-electron chi connectivity index (χ1n) is 37.0. The van der Waals surface area contributed by atoms with Gasteiger partial charge in [0.2, 0.25) is 0 Å². The average Bonchev–Trinajstić information content (AvgIpc) is 3.47. The summed E-state index contributed by atoms with van der Waals surface area (Å²) >= 11 is 0. The third-order valence-corrected chi connectivity index (χ3v) is 16.9. The number of allylic oxidation sites excluding steroid dienone is 6. The zero-order valence-electron chi connectivity index (χ0n) is 55.5. The predicted molar refractivity (Wildman–Crippen MR) is 358 cm³/mol. The van der Waals surface area contributed by atoms with Crippen LogP contribution in [0.15, 0.2) is 36.5 Å². The topological polar surface area (TPSA) is 78.9 Å². The van der Waals surface area contributed by atoms with Crippen molar-refractivity contribution in [1.82, 2.24) is 0 Å². The molecule has 1 atom stereocenters. The van der Waals surface area contributed by atoms with E-state index >= 15 is 0 Å². The fourth-order valence-corrected chi connectivity index (χ4v) is 11.3. The molecule has 82 heavy (non-hydrogen) atoms.